The first-order chi connectivity index (χ1) is 9.25. The Morgan fingerprint density at radius 2 is 1.89 bits per heavy atom. The highest BCUT2D eigenvalue weighted by Gasteiger charge is 2.17. The average molecular weight is 256 g/mol. The molecule has 0 amide bonds. The van der Waals surface area contributed by atoms with Crippen LogP contribution in [0.3, 0.4) is 0 Å². The molecule has 0 saturated carbocycles. The molecule has 94 valence electrons. The van der Waals surface area contributed by atoms with E-state index in [1.165, 1.54) is 18.6 Å². The Hall–Kier alpha value is -2.89. The zero-order valence-electron chi connectivity index (χ0n) is 9.61. The maximum atomic E-state index is 11.1. The zero-order valence-corrected chi connectivity index (χ0v) is 9.61. The summed E-state index contributed by atoms with van der Waals surface area (Å²) < 4.78 is 10.4. The molecule has 1 aromatic carbocycles. The van der Waals surface area contributed by atoms with Gasteiger partial charge in [0.2, 0.25) is 5.89 Å². The van der Waals surface area contributed by atoms with Gasteiger partial charge in [-0.1, -0.05) is 12.1 Å². The molecule has 0 aliphatic heterocycles. The van der Waals surface area contributed by atoms with E-state index in [-0.39, 0.29) is 17.3 Å². The Labute approximate surface area is 107 Å². The Balaban J connectivity index is 2.06. The van der Waals surface area contributed by atoms with Gasteiger partial charge in [-0.15, -0.1) is 10.2 Å². The van der Waals surface area contributed by atoms with Gasteiger partial charge in [0.1, 0.15) is 6.26 Å². The molecule has 0 bridgehead atoms. The van der Waals surface area contributed by atoms with Crippen LogP contribution in [0.2, 0.25) is 0 Å². The lowest BCUT2D eigenvalue weighted by Gasteiger charge is -1.99. The molecule has 0 aliphatic carbocycles. The van der Waals surface area contributed by atoms with Crippen LogP contribution in [-0.2, 0) is 0 Å². The summed E-state index contributed by atoms with van der Waals surface area (Å²) in [5.41, 5.74) is 1.15. The van der Waals surface area contributed by atoms with Crippen LogP contribution in [-0.4, -0.2) is 21.3 Å². The highest BCUT2D eigenvalue weighted by Crippen LogP contribution is 2.26. The quantitative estimate of drug-likeness (QED) is 0.774. The lowest BCUT2D eigenvalue weighted by atomic mass is 10.1. The summed E-state index contributed by atoms with van der Waals surface area (Å²) in [6.45, 7) is 0. The van der Waals surface area contributed by atoms with Crippen molar-refractivity contribution in [2.45, 2.75) is 0 Å². The van der Waals surface area contributed by atoms with Crippen molar-refractivity contribution < 1.29 is 18.7 Å². The third kappa shape index (κ3) is 1.99. The largest absolute Gasteiger partial charge is 0.478 e. The fourth-order valence-electron chi connectivity index (χ4n) is 1.69. The summed E-state index contributed by atoms with van der Waals surface area (Å²) in [4.78, 5) is 11.1. The molecule has 0 spiro atoms. The van der Waals surface area contributed by atoms with Crippen molar-refractivity contribution in [1.29, 1.82) is 0 Å². The normalized spacial score (nSPS) is 10.5. The topological polar surface area (TPSA) is 89.4 Å². The molecule has 3 aromatic rings. The van der Waals surface area contributed by atoms with Crippen LogP contribution in [0.5, 0.6) is 0 Å². The molecule has 6 nitrogen and oxygen atoms in total. The Bertz CT molecular complexity index is 716. The number of hydrogen-bond donors (Lipinski definition) is 1. The number of aromatic nitrogens is 2. The molecule has 0 fully saturated rings. The van der Waals surface area contributed by atoms with Crippen LogP contribution in [0.1, 0.15) is 10.4 Å². The number of nitrogens with zero attached hydrogens (tertiary/aromatic N) is 2. The van der Waals surface area contributed by atoms with Gasteiger partial charge >= 0.3 is 5.97 Å². The summed E-state index contributed by atoms with van der Waals surface area (Å²) in [7, 11) is 0. The first-order valence-electron chi connectivity index (χ1n) is 5.44. The van der Waals surface area contributed by atoms with Gasteiger partial charge in [-0.25, -0.2) is 4.79 Å². The van der Waals surface area contributed by atoms with Gasteiger partial charge in [-0.3, -0.25) is 0 Å². The van der Waals surface area contributed by atoms with Crippen LogP contribution in [0, 0.1) is 0 Å². The minimum Gasteiger partial charge on any atom is -0.478 e. The molecule has 2 heterocycles. The fraction of sp³-hybridized carbons (Fsp3) is 0. The van der Waals surface area contributed by atoms with E-state index in [4.69, 9.17) is 13.9 Å². The minimum atomic E-state index is -1.04. The summed E-state index contributed by atoms with van der Waals surface area (Å²) in [5.74, 6) is -0.600. The van der Waals surface area contributed by atoms with Crippen molar-refractivity contribution in [3.63, 3.8) is 0 Å². The van der Waals surface area contributed by atoms with Gasteiger partial charge in [0.15, 0.2) is 0 Å². The summed E-state index contributed by atoms with van der Waals surface area (Å²) in [5, 5.41) is 16.8. The number of aromatic carboxylic acids is 1. The Morgan fingerprint density at radius 1 is 1.11 bits per heavy atom. The van der Waals surface area contributed by atoms with Crippen molar-refractivity contribution in [1.82, 2.24) is 10.2 Å². The maximum Gasteiger partial charge on any atom is 0.336 e. The highest BCUT2D eigenvalue weighted by molar-refractivity contribution is 5.94. The van der Waals surface area contributed by atoms with Gasteiger partial charge in [-0.2, -0.15) is 0 Å². The van der Waals surface area contributed by atoms with Crippen molar-refractivity contribution in [2.24, 2.45) is 0 Å². The van der Waals surface area contributed by atoms with Crippen molar-refractivity contribution in [3.05, 3.63) is 48.4 Å². The lowest BCUT2D eigenvalue weighted by Crippen LogP contribution is -1.98. The van der Waals surface area contributed by atoms with Crippen LogP contribution in [0.4, 0.5) is 0 Å². The molecule has 0 saturated heterocycles. The standard InChI is InChI=1S/C13H8N2O4/c16-13(17)10-4-2-1-3-9(10)12-15-14-11(19-12)8-5-6-18-7-8/h1-7H,(H,16,17). The zero-order chi connectivity index (χ0) is 13.2. The number of carboxylic acid groups (broad SMARTS) is 1. The van der Waals surface area contributed by atoms with Crippen LogP contribution in [0.25, 0.3) is 22.9 Å². The lowest BCUT2D eigenvalue weighted by molar-refractivity contribution is 0.0697. The number of carbonyl (C=O) groups is 1. The van der Waals surface area contributed by atoms with Gasteiger partial charge in [0.05, 0.1) is 23.0 Å². The first kappa shape index (κ1) is 11.2. The van der Waals surface area contributed by atoms with E-state index in [1.54, 1.807) is 24.3 Å². The molecule has 1 N–H and O–H groups in total. The van der Waals surface area contributed by atoms with E-state index in [2.05, 4.69) is 10.2 Å². The number of carboxylic acids is 1. The molecule has 0 unspecified atom stereocenters. The Kier molecular flexibility index (Phi) is 2.60. The third-order valence-electron chi connectivity index (χ3n) is 2.58. The molecule has 6 heteroatoms. The van der Waals surface area contributed by atoms with Crippen molar-refractivity contribution in [3.8, 4) is 22.9 Å². The molecule has 0 atom stereocenters. The number of furan rings is 1. The molecule has 19 heavy (non-hydrogen) atoms. The van der Waals surface area contributed by atoms with Gasteiger partial charge < -0.3 is 13.9 Å². The van der Waals surface area contributed by atoms with Crippen molar-refractivity contribution >= 4 is 5.97 Å². The smallest absolute Gasteiger partial charge is 0.336 e. The SMILES string of the molecule is O=C(O)c1ccccc1-c1nnc(-c2ccoc2)o1. The van der Waals surface area contributed by atoms with Gasteiger partial charge in [0, 0.05) is 0 Å². The molecule has 0 radical (unpaired) electrons. The minimum absolute atomic E-state index is 0.116. The number of benzene rings is 1. The predicted octanol–water partition coefficient (Wildman–Crippen LogP) is 2.69. The average Bonchev–Trinajstić information content (AvgIpc) is 3.09. The monoisotopic (exact) mass is 256 g/mol. The molecular weight excluding hydrogens is 248 g/mol. The third-order valence-corrected chi connectivity index (χ3v) is 2.58. The number of hydrogen-bond acceptors (Lipinski definition) is 5. The Morgan fingerprint density at radius 3 is 2.63 bits per heavy atom. The van der Waals surface area contributed by atoms with E-state index in [9.17, 15) is 4.79 Å². The van der Waals surface area contributed by atoms with E-state index < -0.39 is 5.97 Å². The van der Waals surface area contributed by atoms with Gasteiger partial charge in [-0.05, 0) is 18.2 Å². The second kappa shape index (κ2) is 4.41. The van der Waals surface area contributed by atoms with E-state index in [0.717, 1.165) is 0 Å². The van der Waals surface area contributed by atoms with Gasteiger partial charge in [0.25, 0.3) is 5.89 Å². The number of rotatable bonds is 3. The van der Waals surface area contributed by atoms with E-state index in [0.29, 0.717) is 11.1 Å². The van der Waals surface area contributed by atoms with E-state index in [1.807, 2.05) is 0 Å². The van der Waals surface area contributed by atoms with Crippen LogP contribution < -0.4 is 0 Å². The second-order valence-corrected chi connectivity index (χ2v) is 3.78. The van der Waals surface area contributed by atoms with Crippen LogP contribution in [0.15, 0.2) is 51.7 Å². The summed E-state index contributed by atoms with van der Waals surface area (Å²) >= 11 is 0. The van der Waals surface area contributed by atoms with Crippen molar-refractivity contribution in [2.75, 3.05) is 0 Å². The highest BCUT2D eigenvalue weighted by atomic mass is 16.4. The summed E-state index contributed by atoms with van der Waals surface area (Å²) in [6.07, 6.45) is 2.96. The first-order valence-corrected chi connectivity index (χ1v) is 5.44. The molecule has 0 aliphatic rings. The predicted molar refractivity (Wildman–Crippen MR) is 64.4 cm³/mol. The maximum absolute atomic E-state index is 11.1. The molecule has 3 rings (SSSR count). The van der Waals surface area contributed by atoms with Crippen LogP contribution >= 0.6 is 0 Å². The molecular formula is C13H8N2O4. The fourth-order valence-corrected chi connectivity index (χ4v) is 1.69. The van der Waals surface area contributed by atoms with E-state index >= 15 is 0 Å². The summed E-state index contributed by atoms with van der Waals surface area (Å²) in [6, 6.07) is 8.14. The molecule has 2 aromatic heterocycles. The second-order valence-electron chi connectivity index (χ2n) is 3.78.